The Bertz CT molecular complexity index is 700. The Morgan fingerprint density at radius 3 is 2.64 bits per heavy atom. The molecule has 1 aromatic carbocycles. The normalized spacial score (nSPS) is 23.1. The van der Waals surface area contributed by atoms with Crippen molar-refractivity contribution in [3.8, 4) is 11.5 Å². The van der Waals surface area contributed by atoms with Gasteiger partial charge in [0.1, 0.15) is 0 Å². The molecule has 3 rings (SSSR count). The highest BCUT2D eigenvalue weighted by molar-refractivity contribution is 5.75. The van der Waals surface area contributed by atoms with Gasteiger partial charge in [0, 0.05) is 26.1 Å². The zero-order valence-corrected chi connectivity index (χ0v) is 18.0. The highest BCUT2D eigenvalue weighted by atomic mass is 16.7. The van der Waals surface area contributed by atoms with Crippen LogP contribution in [0.1, 0.15) is 65.9 Å². The van der Waals surface area contributed by atoms with E-state index in [1.807, 2.05) is 30.0 Å². The van der Waals surface area contributed by atoms with E-state index in [0.29, 0.717) is 18.9 Å². The lowest BCUT2D eigenvalue weighted by atomic mass is 9.65. The third-order valence-electron chi connectivity index (χ3n) is 6.44. The Kier molecular flexibility index (Phi) is 6.23. The first-order valence-corrected chi connectivity index (χ1v) is 10.5. The standard InChI is InChI=1S/C23H35NO4/c1-6-21(25)24(14-18-7-8-19-20(13-18)27-16-26-19)11-9-23(17(2)3)10-12-28-22(4,5)15-23/h7-8,13,17H,6,9-12,14-16H2,1-5H3/t23-/m1/s1. The van der Waals surface area contributed by atoms with Crippen LogP contribution in [0, 0.1) is 11.3 Å². The molecule has 0 radical (unpaired) electrons. The van der Waals surface area contributed by atoms with Gasteiger partial charge in [0.2, 0.25) is 12.7 Å². The molecular weight excluding hydrogens is 354 g/mol. The van der Waals surface area contributed by atoms with Crippen molar-refractivity contribution in [1.29, 1.82) is 0 Å². The van der Waals surface area contributed by atoms with Gasteiger partial charge in [0.25, 0.3) is 0 Å². The summed E-state index contributed by atoms with van der Waals surface area (Å²) in [5.41, 5.74) is 1.19. The Hall–Kier alpha value is -1.75. The van der Waals surface area contributed by atoms with Crippen LogP contribution in [0.3, 0.4) is 0 Å². The minimum absolute atomic E-state index is 0.0978. The van der Waals surface area contributed by atoms with E-state index in [0.717, 1.165) is 49.5 Å². The molecular formula is C23H35NO4. The predicted octanol–water partition coefficient (Wildman–Crippen LogP) is 4.78. The molecule has 1 saturated heterocycles. The van der Waals surface area contributed by atoms with Gasteiger partial charge in [-0.2, -0.15) is 0 Å². The van der Waals surface area contributed by atoms with Gasteiger partial charge in [-0.3, -0.25) is 4.79 Å². The molecule has 0 saturated carbocycles. The van der Waals surface area contributed by atoms with E-state index in [-0.39, 0.29) is 23.7 Å². The Morgan fingerprint density at radius 1 is 1.21 bits per heavy atom. The molecule has 0 bridgehead atoms. The van der Waals surface area contributed by atoms with E-state index in [1.165, 1.54) is 0 Å². The molecule has 0 unspecified atom stereocenters. The van der Waals surface area contributed by atoms with Crippen molar-refractivity contribution >= 4 is 5.91 Å². The van der Waals surface area contributed by atoms with Crippen LogP contribution in [0.15, 0.2) is 18.2 Å². The summed E-state index contributed by atoms with van der Waals surface area (Å²) < 4.78 is 16.9. The number of hydrogen-bond acceptors (Lipinski definition) is 4. The number of hydrogen-bond donors (Lipinski definition) is 0. The van der Waals surface area contributed by atoms with Gasteiger partial charge in [-0.15, -0.1) is 0 Å². The first-order valence-electron chi connectivity index (χ1n) is 10.5. The largest absolute Gasteiger partial charge is 0.454 e. The Balaban J connectivity index is 1.72. The van der Waals surface area contributed by atoms with Gasteiger partial charge in [0.15, 0.2) is 11.5 Å². The number of nitrogens with zero attached hydrogens (tertiary/aromatic N) is 1. The summed E-state index contributed by atoms with van der Waals surface area (Å²) in [6.45, 7) is 13.4. The second-order valence-electron chi connectivity index (χ2n) is 9.16. The first-order chi connectivity index (χ1) is 13.2. The van der Waals surface area contributed by atoms with Crippen LogP contribution in [-0.4, -0.2) is 36.4 Å². The molecule has 2 aliphatic rings. The highest BCUT2D eigenvalue weighted by Gasteiger charge is 2.43. The third kappa shape index (κ3) is 4.62. The molecule has 156 valence electrons. The van der Waals surface area contributed by atoms with E-state index >= 15 is 0 Å². The van der Waals surface area contributed by atoms with Gasteiger partial charge in [0.05, 0.1) is 5.60 Å². The summed E-state index contributed by atoms with van der Waals surface area (Å²) in [5, 5.41) is 0. The number of carbonyl (C=O) groups is 1. The topological polar surface area (TPSA) is 48.0 Å². The summed E-state index contributed by atoms with van der Waals surface area (Å²) >= 11 is 0. The quantitative estimate of drug-likeness (QED) is 0.674. The molecule has 1 fully saturated rings. The van der Waals surface area contributed by atoms with Crippen molar-refractivity contribution in [3.05, 3.63) is 23.8 Å². The third-order valence-corrected chi connectivity index (χ3v) is 6.44. The van der Waals surface area contributed by atoms with E-state index < -0.39 is 0 Å². The number of fused-ring (bicyclic) bond motifs is 1. The van der Waals surface area contributed by atoms with E-state index in [4.69, 9.17) is 14.2 Å². The van der Waals surface area contributed by atoms with E-state index in [2.05, 4.69) is 27.7 Å². The summed E-state index contributed by atoms with van der Waals surface area (Å²) in [5.74, 6) is 2.30. The highest BCUT2D eigenvalue weighted by Crippen LogP contribution is 2.47. The summed E-state index contributed by atoms with van der Waals surface area (Å²) in [4.78, 5) is 14.7. The Labute approximate surface area is 169 Å². The van der Waals surface area contributed by atoms with Crippen molar-refractivity contribution in [3.63, 3.8) is 0 Å². The van der Waals surface area contributed by atoms with Crippen LogP contribution in [0.2, 0.25) is 0 Å². The van der Waals surface area contributed by atoms with Gasteiger partial charge in [-0.1, -0.05) is 26.8 Å². The van der Waals surface area contributed by atoms with Crippen molar-refractivity contribution in [2.75, 3.05) is 19.9 Å². The molecule has 1 atom stereocenters. The fraction of sp³-hybridized carbons (Fsp3) is 0.696. The lowest BCUT2D eigenvalue weighted by molar-refractivity contribution is -0.135. The van der Waals surface area contributed by atoms with Crippen molar-refractivity contribution < 1.29 is 19.0 Å². The number of ether oxygens (including phenoxy) is 3. The molecule has 0 N–H and O–H groups in total. The minimum atomic E-state index is -0.0978. The monoisotopic (exact) mass is 389 g/mol. The smallest absolute Gasteiger partial charge is 0.231 e. The molecule has 2 aliphatic heterocycles. The molecule has 1 amide bonds. The molecule has 0 spiro atoms. The van der Waals surface area contributed by atoms with Crippen LogP contribution in [0.5, 0.6) is 11.5 Å². The maximum absolute atomic E-state index is 12.7. The second-order valence-corrected chi connectivity index (χ2v) is 9.16. The summed E-state index contributed by atoms with van der Waals surface area (Å²) in [7, 11) is 0. The molecule has 2 heterocycles. The van der Waals surface area contributed by atoms with Crippen LogP contribution in [0.4, 0.5) is 0 Å². The molecule has 5 nitrogen and oxygen atoms in total. The summed E-state index contributed by atoms with van der Waals surface area (Å²) in [6, 6.07) is 5.95. The van der Waals surface area contributed by atoms with Crippen molar-refractivity contribution in [2.45, 2.75) is 72.4 Å². The number of rotatable bonds is 7. The maximum atomic E-state index is 12.7. The zero-order chi connectivity index (χ0) is 20.4. The van der Waals surface area contributed by atoms with E-state index in [1.54, 1.807) is 0 Å². The molecule has 5 heteroatoms. The van der Waals surface area contributed by atoms with Gasteiger partial charge in [-0.25, -0.2) is 0 Å². The molecule has 28 heavy (non-hydrogen) atoms. The maximum Gasteiger partial charge on any atom is 0.231 e. The average molecular weight is 390 g/mol. The first kappa shape index (κ1) is 21.0. The number of benzene rings is 1. The number of carbonyl (C=O) groups excluding carboxylic acids is 1. The van der Waals surface area contributed by atoms with Gasteiger partial charge >= 0.3 is 0 Å². The molecule has 1 aromatic rings. The van der Waals surface area contributed by atoms with Crippen molar-refractivity contribution in [2.24, 2.45) is 11.3 Å². The van der Waals surface area contributed by atoms with Crippen LogP contribution in [0.25, 0.3) is 0 Å². The van der Waals surface area contributed by atoms with Crippen LogP contribution in [-0.2, 0) is 16.1 Å². The summed E-state index contributed by atoms with van der Waals surface area (Å²) in [6.07, 6.45) is 3.63. The average Bonchev–Trinajstić information content (AvgIpc) is 3.11. The molecule has 0 aliphatic carbocycles. The number of amides is 1. The molecule has 0 aromatic heterocycles. The van der Waals surface area contributed by atoms with Crippen LogP contribution < -0.4 is 9.47 Å². The lowest BCUT2D eigenvalue weighted by Crippen LogP contribution is -2.46. The van der Waals surface area contributed by atoms with Crippen LogP contribution >= 0.6 is 0 Å². The minimum Gasteiger partial charge on any atom is -0.454 e. The predicted molar refractivity (Wildman–Crippen MR) is 109 cm³/mol. The Morgan fingerprint density at radius 2 is 1.96 bits per heavy atom. The zero-order valence-electron chi connectivity index (χ0n) is 18.0. The fourth-order valence-electron chi connectivity index (χ4n) is 4.65. The van der Waals surface area contributed by atoms with E-state index in [9.17, 15) is 4.79 Å². The lowest BCUT2D eigenvalue weighted by Gasteiger charge is -2.48. The van der Waals surface area contributed by atoms with Crippen molar-refractivity contribution in [1.82, 2.24) is 4.90 Å². The second kappa shape index (κ2) is 8.32. The van der Waals surface area contributed by atoms with Gasteiger partial charge < -0.3 is 19.1 Å². The fourth-order valence-corrected chi connectivity index (χ4v) is 4.65. The van der Waals surface area contributed by atoms with Gasteiger partial charge in [-0.05, 0) is 62.1 Å². The SMILES string of the molecule is CCC(=O)N(CC[C@@]1(C(C)C)CCOC(C)(C)C1)Cc1ccc2c(c1)OCO2.